The fourth-order valence-electron chi connectivity index (χ4n) is 1.84. The minimum Gasteiger partial charge on any atom is -0.339 e. The number of hydrogen-bond donors (Lipinski definition) is 1. The molecule has 0 fully saturated rings. The number of hydrogen-bond acceptors (Lipinski definition) is 6. The highest BCUT2D eigenvalue weighted by molar-refractivity contribution is 7.89. The highest BCUT2D eigenvalue weighted by Gasteiger charge is 2.16. The minimum absolute atomic E-state index is 0.187. The summed E-state index contributed by atoms with van der Waals surface area (Å²) in [4.78, 5) is 4.08. The average molecular weight is 275 g/mol. The monoisotopic (exact) mass is 275 g/mol. The van der Waals surface area contributed by atoms with Crippen molar-refractivity contribution < 1.29 is 12.9 Å². The molecule has 1 heterocycles. The Morgan fingerprint density at radius 1 is 1.39 bits per heavy atom. The van der Waals surface area contributed by atoms with E-state index >= 15 is 0 Å². The molecule has 0 radical (unpaired) electrons. The van der Waals surface area contributed by atoms with Crippen molar-refractivity contribution in [2.24, 2.45) is 17.6 Å². The standard InChI is InChI=1S/C11H21N3O3S/c1-8(2)4-9(6-12)5-11-13-10(14-17-11)7-18(3,15)16/h8-9H,4-7,12H2,1-3H3/t9-/m0/s1. The van der Waals surface area contributed by atoms with Gasteiger partial charge in [0.2, 0.25) is 5.89 Å². The quantitative estimate of drug-likeness (QED) is 0.789. The molecule has 0 amide bonds. The average Bonchev–Trinajstić information content (AvgIpc) is 2.61. The lowest BCUT2D eigenvalue weighted by molar-refractivity contribution is 0.330. The number of rotatable bonds is 7. The van der Waals surface area contributed by atoms with Crippen molar-refractivity contribution in [1.29, 1.82) is 0 Å². The fraction of sp³-hybridized carbons (Fsp3) is 0.818. The van der Waals surface area contributed by atoms with Gasteiger partial charge in [0.05, 0.1) is 0 Å². The summed E-state index contributed by atoms with van der Waals surface area (Å²) in [6, 6.07) is 0. The summed E-state index contributed by atoms with van der Waals surface area (Å²) < 4.78 is 27.2. The molecule has 0 spiro atoms. The largest absolute Gasteiger partial charge is 0.339 e. The molecule has 0 saturated carbocycles. The lowest BCUT2D eigenvalue weighted by Crippen LogP contribution is -2.19. The second-order valence-corrected chi connectivity index (χ2v) is 7.25. The van der Waals surface area contributed by atoms with Crippen molar-refractivity contribution in [3.05, 3.63) is 11.7 Å². The third-order valence-corrected chi connectivity index (χ3v) is 3.29. The Hall–Kier alpha value is -0.950. The van der Waals surface area contributed by atoms with Crippen molar-refractivity contribution in [3.8, 4) is 0 Å². The molecular weight excluding hydrogens is 254 g/mol. The van der Waals surface area contributed by atoms with E-state index in [-0.39, 0.29) is 17.5 Å². The third-order valence-electron chi connectivity index (χ3n) is 2.50. The Balaban J connectivity index is 2.62. The zero-order valence-corrected chi connectivity index (χ0v) is 11.9. The predicted octanol–water partition coefficient (Wildman–Crippen LogP) is 0.778. The second-order valence-electron chi connectivity index (χ2n) is 5.11. The summed E-state index contributed by atoms with van der Waals surface area (Å²) in [6.45, 7) is 4.82. The van der Waals surface area contributed by atoms with Gasteiger partial charge in [-0.1, -0.05) is 19.0 Å². The van der Waals surface area contributed by atoms with Crippen LogP contribution in [0.4, 0.5) is 0 Å². The van der Waals surface area contributed by atoms with Crippen LogP contribution in [0.15, 0.2) is 4.52 Å². The van der Waals surface area contributed by atoms with E-state index in [4.69, 9.17) is 10.3 Å². The number of nitrogens with zero attached hydrogens (tertiary/aromatic N) is 2. The molecule has 7 heteroatoms. The smallest absolute Gasteiger partial charge is 0.227 e. The Bertz CT molecular complexity index is 468. The SMILES string of the molecule is CC(C)C[C@H](CN)Cc1nc(CS(C)(=O)=O)no1. The molecule has 0 aromatic carbocycles. The highest BCUT2D eigenvalue weighted by atomic mass is 32.2. The molecule has 1 aromatic rings. The molecule has 6 nitrogen and oxygen atoms in total. The Labute approximate surface area is 108 Å². The van der Waals surface area contributed by atoms with E-state index in [1.54, 1.807) is 0 Å². The van der Waals surface area contributed by atoms with E-state index in [2.05, 4.69) is 24.0 Å². The van der Waals surface area contributed by atoms with Crippen LogP contribution >= 0.6 is 0 Å². The molecule has 18 heavy (non-hydrogen) atoms. The van der Waals surface area contributed by atoms with Crippen LogP contribution in [0.25, 0.3) is 0 Å². The zero-order valence-electron chi connectivity index (χ0n) is 11.1. The van der Waals surface area contributed by atoms with Gasteiger partial charge in [-0.05, 0) is 24.8 Å². The Morgan fingerprint density at radius 3 is 2.56 bits per heavy atom. The summed E-state index contributed by atoms with van der Waals surface area (Å²) in [5.41, 5.74) is 5.69. The van der Waals surface area contributed by atoms with Gasteiger partial charge in [0, 0.05) is 12.7 Å². The molecule has 0 aliphatic carbocycles. The van der Waals surface area contributed by atoms with Crippen LogP contribution in [0.1, 0.15) is 32.0 Å². The molecule has 2 N–H and O–H groups in total. The molecule has 0 saturated heterocycles. The lowest BCUT2D eigenvalue weighted by Gasteiger charge is -2.14. The van der Waals surface area contributed by atoms with Gasteiger partial charge in [-0.2, -0.15) is 4.98 Å². The molecule has 0 bridgehead atoms. The molecule has 0 unspecified atom stereocenters. The molecule has 0 aliphatic heterocycles. The number of aromatic nitrogens is 2. The van der Waals surface area contributed by atoms with E-state index in [1.807, 2.05) is 0 Å². The molecule has 1 atom stereocenters. The van der Waals surface area contributed by atoms with Crippen LogP contribution in [-0.4, -0.2) is 31.4 Å². The van der Waals surface area contributed by atoms with Gasteiger partial charge in [-0.3, -0.25) is 0 Å². The third kappa shape index (κ3) is 5.59. The highest BCUT2D eigenvalue weighted by Crippen LogP contribution is 2.15. The van der Waals surface area contributed by atoms with Gasteiger partial charge in [0.15, 0.2) is 15.7 Å². The normalized spacial score (nSPS) is 14.1. The van der Waals surface area contributed by atoms with Gasteiger partial charge in [0.1, 0.15) is 5.75 Å². The maximum absolute atomic E-state index is 11.1. The topological polar surface area (TPSA) is 99.1 Å². The molecule has 1 rings (SSSR count). The van der Waals surface area contributed by atoms with Crippen molar-refractivity contribution in [2.45, 2.75) is 32.4 Å². The number of nitrogens with two attached hydrogens (primary N) is 1. The van der Waals surface area contributed by atoms with Gasteiger partial charge < -0.3 is 10.3 Å². The first-order chi connectivity index (χ1) is 8.30. The van der Waals surface area contributed by atoms with E-state index < -0.39 is 9.84 Å². The maximum atomic E-state index is 11.1. The molecular formula is C11H21N3O3S. The Kier molecular flexibility index (Phi) is 5.28. The summed E-state index contributed by atoms with van der Waals surface area (Å²) in [5, 5.41) is 3.66. The van der Waals surface area contributed by atoms with Crippen molar-refractivity contribution in [2.75, 3.05) is 12.8 Å². The number of sulfone groups is 1. The van der Waals surface area contributed by atoms with Gasteiger partial charge >= 0.3 is 0 Å². The van der Waals surface area contributed by atoms with Gasteiger partial charge in [-0.25, -0.2) is 8.42 Å². The first-order valence-electron chi connectivity index (χ1n) is 5.99. The summed E-state index contributed by atoms with van der Waals surface area (Å²) in [7, 11) is -3.13. The van der Waals surface area contributed by atoms with Crippen LogP contribution in [-0.2, 0) is 22.0 Å². The zero-order chi connectivity index (χ0) is 13.8. The van der Waals surface area contributed by atoms with Crippen LogP contribution in [0.2, 0.25) is 0 Å². The van der Waals surface area contributed by atoms with E-state index in [0.717, 1.165) is 12.7 Å². The maximum Gasteiger partial charge on any atom is 0.227 e. The Morgan fingerprint density at radius 2 is 2.06 bits per heavy atom. The molecule has 1 aromatic heterocycles. The van der Waals surface area contributed by atoms with Crippen LogP contribution in [0, 0.1) is 11.8 Å². The lowest BCUT2D eigenvalue weighted by atomic mass is 9.94. The summed E-state index contributed by atoms with van der Waals surface area (Å²) in [5.74, 6) is 1.33. The first kappa shape index (κ1) is 15.1. The van der Waals surface area contributed by atoms with Crippen LogP contribution in [0.5, 0.6) is 0 Å². The van der Waals surface area contributed by atoms with Crippen LogP contribution < -0.4 is 5.73 Å². The van der Waals surface area contributed by atoms with E-state index in [0.29, 0.717) is 24.8 Å². The first-order valence-corrected chi connectivity index (χ1v) is 8.05. The molecule has 104 valence electrons. The van der Waals surface area contributed by atoms with E-state index in [9.17, 15) is 8.42 Å². The summed E-state index contributed by atoms with van der Waals surface area (Å²) >= 11 is 0. The van der Waals surface area contributed by atoms with Crippen molar-refractivity contribution >= 4 is 9.84 Å². The van der Waals surface area contributed by atoms with E-state index in [1.165, 1.54) is 0 Å². The van der Waals surface area contributed by atoms with Crippen molar-refractivity contribution in [3.63, 3.8) is 0 Å². The fourth-order valence-corrected chi connectivity index (χ4v) is 2.43. The van der Waals surface area contributed by atoms with Gasteiger partial charge in [0.25, 0.3) is 0 Å². The van der Waals surface area contributed by atoms with Crippen molar-refractivity contribution in [1.82, 2.24) is 10.1 Å². The van der Waals surface area contributed by atoms with Gasteiger partial charge in [-0.15, -0.1) is 0 Å². The predicted molar refractivity (Wildman–Crippen MR) is 68.5 cm³/mol. The van der Waals surface area contributed by atoms with Crippen LogP contribution in [0.3, 0.4) is 0 Å². The summed E-state index contributed by atoms with van der Waals surface area (Å²) in [6.07, 6.45) is 2.73. The molecule has 0 aliphatic rings. The second kappa shape index (κ2) is 6.29. The minimum atomic E-state index is -3.13.